The van der Waals surface area contributed by atoms with E-state index in [0.29, 0.717) is 27.4 Å². The fourth-order valence-electron chi connectivity index (χ4n) is 2.51. The second-order valence-corrected chi connectivity index (χ2v) is 8.10. The molecule has 1 aromatic heterocycles. The summed E-state index contributed by atoms with van der Waals surface area (Å²) < 4.78 is 1.93. The van der Waals surface area contributed by atoms with Crippen molar-refractivity contribution in [1.82, 2.24) is 14.8 Å². The lowest BCUT2D eigenvalue weighted by Gasteiger charge is -2.14. The first-order valence-electron chi connectivity index (χ1n) is 8.51. The number of allylic oxidation sites excluding steroid dienone is 1. The third kappa shape index (κ3) is 4.76. The van der Waals surface area contributed by atoms with E-state index in [0.717, 1.165) is 11.4 Å². The fourth-order valence-corrected chi connectivity index (χ4v) is 3.70. The molecule has 1 atom stereocenters. The zero-order valence-corrected chi connectivity index (χ0v) is 17.4. The van der Waals surface area contributed by atoms with Crippen molar-refractivity contribution in [3.05, 3.63) is 71.2 Å². The van der Waals surface area contributed by atoms with E-state index >= 15 is 0 Å². The average molecular weight is 433 g/mol. The number of amides is 1. The topological polar surface area (TPSA) is 59.8 Å². The summed E-state index contributed by atoms with van der Waals surface area (Å²) in [5, 5.41) is 12.5. The van der Waals surface area contributed by atoms with E-state index in [4.69, 9.17) is 23.2 Å². The van der Waals surface area contributed by atoms with E-state index in [1.54, 1.807) is 31.2 Å². The molecule has 1 amide bonds. The summed E-state index contributed by atoms with van der Waals surface area (Å²) in [6, 6.07) is 14.7. The lowest BCUT2D eigenvalue weighted by molar-refractivity contribution is -0.115. The second kappa shape index (κ2) is 9.28. The van der Waals surface area contributed by atoms with Crippen LogP contribution < -0.4 is 5.32 Å². The molecule has 28 heavy (non-hydrogen) atoms. The van der Waals surface area contributed by atoms with Crippen LogP contribution in [0.3, 0.4) is 0 Å². The van der Waals surface area contributed by atoms with Gasteiger partial charge in [-0.3, -0.25) is 9.36 Å². The van der Waals surface area contributed by atoms with Gasteiger partial charge in [0, 0.05) is 17.1 Å². The maximum absolute atomic E-state index is 12.6. The van der Waals surface area contributed by atoms with Gasteiger partial charge in [-0.1, -0.05) is 71.4 Å². The molecule has 0 saturated carbocycles. The van der Waals surface area contributed by atoms with Crippen LogP contribution in [0.25, 0.3) is 11.4 Å². The minimum atomic E-state index is -0.425. The van der Waals surface area contributed by atoms with Crippen molar-refractivity contribution in [3.63, 3.8) is 0 Å². The first kappa shape index (κ1) is 20.5. The van der Waals surface area contributed by atoms with Gasteiger partial charge in [-0.2, -0.15) is 0 Å². The third-order valence-electron chi connectivity index (χ3n) is 3.90. The molecule has 0 aliphatic heterocycles. The van der Waals surface area contributed by atoms with Crippen molar-refractivity contribution < 1.29 is 4.79 Å². The number of hydrogen-bond acceptors (Lipinski definition) is 4. The van der Waals surface area contributed by atoms with Gasteiger partial charge in [0.1, 0.15) is 0 Å². The van der Waals surface area contributed by atoms with E-state index in [-0.39, 0.29) is 5.91 Å². The van der Waals surface area contributed by atoms with Gasteiger partial charge in [-0.05, 0) is 25.1 Å². The van der Waals surface area contributed by atoms with Crippen LogP contribution in [0.5, 0.6) is 0 Å². The fraction of sp³-hybridized carbons (Fsp3) is 0.150. The Morgan fingerprint density at radius 3 is 2.71 bits per heavy atom. The Balaban J connectivity index is 1.79. The summed E-state index contributed by atoms with van der Waals surface area (Å²) in [6.45, 7) is 6.14. The van der Waals surface area contributed by atoms with Crippen LogP contribution in [0.2, 0.25) is 10.0 Å². The first-order chi connectivity index (χ1) is 13.5. The van der Waals surface area contributed by atoms with E-state index in [1.165, 1.54) is 11.8 Å². The number of nitrogens with zero attached hydrogens (tertiary/aromatic N) is 3. The zero-order valence-electron chi connectivity index (χ0n) is 15.1. The van der Waals surface area contributed by atoms with Crippen molar-refractivity contribution in [2.75, 3.05) is 5.32 Å². The maximum Gasteiger partial charge on any atom is 0.237 e. The molecule has 144 valence electrons. The van der Waals surface area contributed by atoms with Crippen molar-refractivity contribution >= 4 is 46.6 Å². The Morgan fingerprint density at radius 2 is 2.00 bits per heavy atom. The molecule has 0 radical (unpaired) electrons. The number of rotatable bonds is 7. The molecular weight excluding hydrogens is 415 g/mol. The number of anilines is 1. The number of benzene rings is 2. The van der Waals surface area contributed by atoms with Crippen LogP contribution in [-0.2, 0) is 11.3 Å². The molecule has 0 bridgehead atoms. The standard InChI is InChI=1S/C20H18Cl2N4OS/c1-3-11-26-18(14-7-5-4-6-8-14)24-25-20(26)28-13(2)19(27)23-17-12-15(21)9-10-16(17)22/h3-10,12-13H,1,11H2,2H3,(H,23,27). The highest BCUT2D eigenvalue weighted by Crippen LogP contribution is 2.29. The monoisotopic (exact) mass is 432 g/mol. The largest absolute Gasteiger partial charge is 0.324 e. The van der Waals surface area contributed by atoms with Gasteiger partial charge >= 0.3 is 0 Å². The van der Waals surface area contributed by atoms with Crippen LogP contribution >= 0.6 is 35.0 Å². The van der Waals surface area contributed by atoms with Crippen LogP contribution in [0, 0.1) is 0 Å². The maximum atomic E-state index is 12.6. The van der Waals surface area contributed by atoms with Gasteiger partial charge in [0.2, 0.25) is 5.91 Å². The summed E-state index contributed by atoms with van der Waals surface area (Å²) in [4.78, 5) is 12.6. The quantitative estimate of drug-likeness (QED) is 0.392. The molecule has 1 heterocycles. The van der Waals surface area contributed by atoms with Crippen molar-refractivity contribution in [1.29, 1.82) is 0 Å². The SMILES string of the molecule is C=CCn1c(SC(C)C(=O)Nc2cc(Cl)ccc2Cl)nnc1-c1ccccc1. The summed E-state index contributed by atoms with van der Waals surface area (Å²) in [5.41, 5.74) is 1.43. The average Bonchev–Trinajstić information content (AvgIpc) is 3.08. The molecule has 8 heteroatoms. The number of hydrogen-bond donors (Lipinski definition) is 1. The Hall–Kier alpha value is -2.28. The predicted molar refractivity (Wildman–Crippen MR) is 116 cm³/mol. The Labute approximate surface area is 177 Å². The number of halogens is 2. The molecule has 2 aromatic carbocycles. The summed E-state index contributed by atoms with van der Waals surface area (Å²) >= 11 is 13.4. The first-order valence-corrected chi connectivity index (χ1v) is 10.1. The molecule has 1 unspecified atom stereocenters. The summed E-state index contributed by atoms with van der Waals surface area (Å²) in [7, 11) is 0. The van der Waals surface area contributed by atoms with Crippen LogP contribution in [-0.4, -0.2) is 25.9 Å². The minimum absolute atomic E-state index is 0.205. The number of thioether (sulfide) groups is 1. The highest BCUT2D eigenvalue weighted by Gasteiger charge is 2.21. The highest BCUT2D eigenvalue weighted by molar-refractivity contribution is 8.00. The second-order valence-electron chi connectivity index (χ2n) is 5.94. The molecule has 0 spiro atoms. The predicted octanol–water partition coefficient (Wildman–Crippen LogP) is 5.56. The number of nitrogens with one attached hydrogen (secondary N) is 1. The van der Waals surface area contributed by atoms with Crippen molar-refractivity contribution in [2.24, 2.45) is 0 Å². The van der Waals surface area contributed by atoms with E-state index in [2.05, 4.69) is 22.1 Å². The van der Waals surface area contributed by atoms with Gasteiger partial charge in [0.05, 0.1) is 16.0 Å². The lowest BCUT2D eigenvalue weighted by atomic mass is 10.2. The van der Waals surface area contributed by atoms with E-state index in [9.17, 15) is 4.79 Å². The molecule has 5 nitrogen and oxygen atoms in total. The molecule has 0 aliphatic carbocycles. The van der Waals surface area contributed by atoms with Gasteiger partial charge < -0.3 is 5.32 Å². The van der Waals surface area contributed by atoms with Crippen LogP contribution in [0.1, 0.15) is 6.92 Å². The Kier molecular flexibility index (Phi) is 6.78. The van der Waals surface area contributed by atoms with Crippen molar-refractivity contribution in [3.8, 4) is 11.4 Å². The molecule has 0 fully saturated rings. The van der Waals surface area contributed by atoms with Crippen LogP contribution in [0.15, 0.2) is 66.3 Å². The van der Waals surface area contributed by atoms with Crippen molar-refractivity contribution in [2.45, 2.75) is 23.9 Å². The van der Waals surface area contributed by atoms with E-state index < -0.39 is 5.25 Å². The normalized spacial score (nSPS) is 11.8. The van der Waals surface area contributed by atoms with Gasteiger partial charge in [0.25, 0.3) is 0 Å². The molecular formula is C20H18Cl2N4OS. The molecule has 3 rings (SSSR count). The van der Waals surface area contributed by atoms with Gasteiger partial charge in [0.15, 0.2) is 11.0 Å². The smallest absolute Gasteiger partial charge is 0.237 e. The third-order valence-corrected chi connectivity index (χ3v) is 5.54. The molecule has 0 aliphatic rings. The Morgan fingerprint density at radius 1 is 1.25 bits per heavy atom. The minimum Gasteiger partial charge on any atom is -0.324 e. The number of aromatic nitrogens is 3. The van der Waals surface area contributed by atoms with Gasteiger partial charge in [-0.25, -0.2) is 0 Å². The Bertz CT molecular complexity index is 991. The zero-order chi connectivity index (χ0) is 20.1. The molecule has 1 N–H and O–H groups in total. The number of carbonyl (C=O) groups is 1. The van der Waals surface area contributed by atoms with Crippen LogP contribution in [0.4, 0.5) is 5.69 Å². The van der Waals surface area contributed by atoms with Gasteiger partial charge in [-0.15, -0.1) is 16.8 Å². The highest BCUT2D eigenvalue weighted by atomic mass is 35.5. The molecule has 0 saturated heterocycles. The molecule has 3 aromatic rings. The van der Waals surface area contributed by atoms with E-state index in [1.807, 2.05) is 34.9 Å². The number of carbonyl (C=O) groups excluding carboxylic acids is 1. The lowest BCUT2D eigenvalue weighted by Crippen LogP contribution is -2.23. The summed E-state index contributed by atoms with van der Waals surface area (Å²) in [6.07, 6.45) is 1.77. The summed E-state index contributed by atoms with van der Waals surface area (Å²) in [5.74, 6) is 0.525.